The minimum atomic E-state index is -0.212. The van der Waals surface area contributed by atoms with Gasteiger partial charge < -0.3 is 15.5 Å². The molecule has 2 N–H and O–H groups in total. The van der Waals surface area contributed by atoms with E-state index in [0.29, 0.717) is 13.1 Å². The zero-order valence-corrected chi connectivity index (χ0v) is 15.7. The molecule has 0 aliphatic heterocycles. The fourth-order valence-electron chi connectivity index (χ4n) is 2.81. The number of hydrogen-bond donors (Lipinski definition) is 2. The molecule has 2 aromatic carbocycles. The van der Waals surface area contributed by atoms with Gasteiger partial charge in [-0.15, -0.1) is 0 Å². The summed E-state index contributed by atoms with van der Waals surface area (Å²) >= 11 is 0. The molecule has 3 aromatic rings. The molecule has 0 saturated heterocycles. The summed E-state index contributed by atoms with van der Waals surface area (Å²) in [6.45, 7) is 3.23. The van der Waals surface area contributed by atoms with Crippen molar-refractivity contribution in [1.82, 2.24) is 15.1 Å². The van der Waals surface area contributed by atoms with Crippen LogP contribution in [0.4, 0.5) is 16.2 Å². The number of anilines is 2. The van der Waals surface area contributed by atoms with Gasteiger partial charge in [-0.2, -0.15) is 5.10 Å². The van der Waals surface area contributed by atoms with Gasteiger partial charge in [-0.1, -0.05) is 36.4 Å². The maximum Gasteiger partial charge on any atom is 0.319 e. The zero-order valence-electron chi connectivity index (χ0n) is 15.7. The van der Waals surface area contributed by atoms with Crippen molar-refractivity contribution < 1.29 is 4.79 Å². The molecule has 2 amide bonds. The lowest BCUT2D eigenvalue weighted by Gasteiger charge is -2.27. The summed E-state index contributed by atoms with van der Waals surface area (Å²) in [5, 5.41) is 10.1. The lowest BCUT2D eigenvalue weighted by molar-refractivity contribution is 0.251. The molecular weight excluding hydrogens is 338 g/mol. The van der Waals surface area contributed by atoms with E-state index in [1.165, 1.54) is 0 Å². The quantitative estimate of drug-likeness (QED) is 0.674. The van der Waals surface area contributed by atoms with E-state index in [1.807, 2.05) is 66.5 Å². The highest BCUT2D eigenvalue weighted by atomic mass is 16.2. The Morgan fingerprint density at radius 1 is 1.11 bits per heavy atom. The van der Waals surface area contributed by atoms with Gasteiger partial charge in [0.05, 0.1) is 6.54 Å². The van der Waals surface area contributed by atoms with Crippen LogP contribution < -0.4 is 15.5 Å². The molecule has 0 saturated carbocycles. The van der Waals surface area contributed by atoms with Crippen molar-refractivity contribution in [3.05, 3.63) is 78.6 Å². The molecule has 0 spiro atoms. The van der Waals surface area contributed by atoms with E-state index < -0.39 is 0 Å². The van der Waals surface area contributed by atoms with E-state index in [9.17, 15) is 4.79 Å². The van der Waals surface area contributed by atoms with Crippen LogP contribution in [0.5, 0.6) is 0 Å². The fourth-order valence-corrected chi connectivity index (χ4v) is 2.81. The van der Waals surface area contributed by atoms with Crippen molar-refractivity contribution in [3.63, 3.8) is 0 Å². The van der Waals surface area contributed by atoms with Crippen molar-refractivity contribution in [2.45, 2.75) is 19.5 Å². The fraction of sp³-hybridized carbons (Fsp3) is 0.238. The van der Waals surface area contributed by atoms with Crippen LogP contribution in [0.15, 0.2) is 73.1 Å². The number of aromatic nitrogens is 2. The number of amides is 2. The van der Waals surface area contributed by atoms with Gasteiger partial charge in [0, 0.05) is 43.4 Å². The Morgan fingerprint density at radius 2 is 1.85 bits per heavy atom. The lowest BCUT2D eigenvalue weighted by Crippen LogP contribution is -2.41. The third-order valence-corrected chi connectivity index (χ3v) is 4.54. The third-order valence-electron chi connectivity index (χ3n) is 4.54. The lowest BCUT2D eigenvalue weighted by atomic mass is 10.2. The number of benzene rings is 2. The largest absolute Gasteiger partial charge is 0.370 e. The molecule has 1 heterocycles. The number of urea groups is 1. The van der Waals surface area contributed by atoms with Crippen molar-refractivity contribution >= 4 is 17.4 Å². The van der Waals surface area contributed by atoms with Crippen molar-refractivity contribution in [2.24, 2.45) is 0 Å². The average Bonchev–Trinajstić information content (AvgIpc) is 3.21. The summed E-state index contributed by atoms with van der Waals surface area (Å²) in [4.78, 5) is 14.5. The summed E-state index contributed by atoms with van der Waals surface area (Å²) in [5.41, 5.74) is 2.91. The zero-order chi connectivity index (χ0) is 19.1. The first kappa shape index (κ1) is 18.5. The van der Waals surface area contributed by atoms with E-state index in [4.69, 9.17) is 0 Å². The Kier molecular flexibility index (Phi) is 6.10. The van der Waals surface area contributed by atoms with Crippen molar-refractivity contribution in [1.29, 1.82) is 0 Å². The highest BCUT2D eigenvalue weighted by molar-refractivity contribution is 5.90. The first-order valence-corrected chi connectivity index (χ1v) is 9.01. The highest BCUT2D eigenvalue weighted by Crippen LogP contribution is 2.16. The summed E-state index contributed by atoms with van der Waals surface area (Å²) in [7, 11) is 2.03. The van der Waals surface area contributed by atoms with Gasteiger partial charge in [0.1, 0.15) is 0 Å². The number of para-hydroxylation sites is 2. The summed E-state index contributed by atoms with van der Waals surface area (Å²) in [6.07, 6.45) is 3.64. The molecule has 140 valence electrons. The predicted octanol–water partition coefficient (Wildman–Crippen LogP) is 3.58. The number of carbonyl (C=O) groups excluding carboxylic acids is 1. The van der Waals surface area contributed by atoms with Gasteiger partial charge in [0.2, 0.25) is 0 Å². The molecule has 0 fully saturated rings. The molecule has 0 radical (unpaired) electrons. The smallest absolute Gasteiger partial charge is 0.319 e. The number of nitrogens with zero attached hydrogens (tertiary/aromatic N) is 3. The van der Waals surface area contributed by atoms with Crippen LogP contribution in [0, 0.1) is 0 Å². The van der Waals surface area contributed by atoms with E-state index >= 15 is 0 Å². The van der Waals surface area contributed by atoms with Gasteiger partial charge in [0.15, 0.2) is 0 Å². The number of likely N-dealkylation sites (N-methyl/N-ethyl adjacent to an activating group) is 1. The van der Waals surface area contributed by atoms with E-state index in [-0.39, 0.29) is 12.1 Å². The van der Waals surface area contributed by atoms with Crippen molar-refractivity contribution in [3.8, 4) is 0 Å². The van der Waals surface area contributed by atoms with Crippen LogP contribution in [0.1, 0.15) is 12.5 Å². The number of rotatable bonds is 7. The van der Waals surface area contributed by atoms with Crippen LogP contribution in [0.3, 0.4) is 0 Å². The van der Waals surface area contributed by atoms with Gasteiger partial charge in [-0.3, -0.25) is 4.68 Å². The summed E-state index contributed by atoms with van der Waals surface area (Å²) in [6, 6.07) is 19.7. The van der Waals surface area contributed by atoms with Gasteiger partial charge in [-0.25, -0.2) is 4.79 Å². The highest BCUT2D eigenvalue weighted by Gasteiger charge is 2.12. The molecule has 1 atom stereocenters. The Morgan fingerprint density at radius 3 is 2.59 bits per heavy atom. The van der Waals surface area contributed by atoms with Crippen molar-refractivity contribution in [2.75, 3.05) is 23.8 Å². The van der Waals surface area contributed by atoms with Gasteiger partial charge in [-0.05, 0) is 36.8 Å². The SMILES string of the molecule is C[C@H](CNC(=O)Nc1ccccc1Cn1cccn1)N(C)c1ccccc1. The Hall–Kier alpha value is -3.28. The molecular formula is C21H25N5O. The molecule has 6 nitrogen and oxygen atoms in total. The normalized spacial score (nSPS) is 11.6. The molecule has 3 rings (SSSR count). The Labute approximate surface area is 159 Å². The van der Waals surface area contributed by atoms with Crippen LogP contribution in [0.2, 0.25) is 0 Å². The Bertz CT molecular complexity index is 848. The predicted molar refractivity (Wildman–Crippen MR) is 109 cm³/mol. The average molecular weight is 363 g/mol. The second-order valence-electron chi connectivity index (χ2n) is 6.49. The maximum atomic E-state index is 12.4. The van der Waals surface area contributed by atoms with Crippen LogP contribution >= 0.6 is 0 Å². The van der Waals surface area contributed by atoms with Gasteiger partial charge >= 0.3 is 6.03 Å². The molecule has 1 aromatic heterocycles. The van der Waals surface area contributed by atoms with E-state index in [0.717, 1.165) is 16.9 Å². The minimum Gasteiger partial charge on any atom is -0.370 e. The molecule has 27 heavy (non-hydrogen) atoms. The van der Waals surface area contributed by atoms with Crippen LogP contribution in [-0.4, -0.2) is 35.4 Å². The second kappa shape index (κ2) is 8.89. The van der Waals surface area contributed by atoms with Gasteiger partial charge in [0.25, 0.3) is 0 Å². The first-order chi connectivity index (χ1) is 13.1. The summed E-state index contributed by atoms with van der Waals surface area (Å²) in [5.74, 6) is 0. The van der Waals surface area contributed by atoms with Crippen LogP contribution in [0.25, 0.3) is 0 Å². The summed E-state index contributed by atoms with van der Waals surface area (Å²) < 4.78 is 1.83. The molecule has 0 aliphatic carbocycles. The maximum absolute atomic E-state index is 12.4. The molecule has 0 bridgehead atoms. The van der Waals surface area contributed by atoms with E-state index in [1.54, 1.807) is 6.20 Å². The standard InChI is InChI=1S/C21H25N5O/c1-17(25(2)19-10-4-3-5-11-19)15-22-21(27)24-20-12-7-6-9-18(20)16-26-14-8-13-23-26/h3-14,17H,15-16H2,1-2H3,(H2,22,24,27)/t17-/m1/s1. The monoisotopic (exact) mass is 363 g/mol. The van der Waals surface area contributed by atoms with Crippen LogP contribution in [-0.2, 0) is 6.54 Å². The number of nitrogens with one attached hydrogen (secondary N) is 2. The second-order valence-corrected chi connectivity index (χ2v) is 6.49. The molecule has 0 unspecified atom stereocenters. The Balaban J connectivity index is 1.55. The van der Waals surface area contributed by atoms with E-state index in [2.05, 4.69) is 39.7 Å². The number of hydrogen-bond acceptors (Lipinski definition) is 3. The minimum absolute atomic E-state index is 0.164. The third kappa shape index (κ3) is 5.10. The first-order valence-electron chi connectivity index (χ1n) is 9.01. The number of carbonyl (C=O) groups is 1. The molecule has 6 heteroatoms. The molecule has 0 aliphatic rings. The topological polar surface area (TPSA) is 62.2 Å².